The van der Waals surface area contributed by atoms with E-state index in [-0.39, 0.29) is 0 Å². The largest absolute Gasteiger partial charge is 0.395 e. The summed E-state index contributed by atoms with van der Waals surface area (Å²) < 4.78 is 0. The molecule has 1 aliphatic rings. The molecule has 0 aliphatic carbocycles. The van der Waals surface area contributed by atoms with Crippen LogP contribution >= 0.6 is 0 Å². The molecule has 2 nitrogen and oxygen atoms in total. The first-order valence-corrected chi connectivity index (χ1v) is 2.11. The summed E-state index contributed by atoms with van der Waals surface area (Å²) in [6.45, 7) is 0. The van der Waals surface area contributed by atoms with Gasteiger partial charge in [-0.15, -0.1) is 0 Å². The lowest BCUT2D eigenvalue weighted by molar-refractivity contribution is 1.21. The van der Waals surface area contributed by atoms with Crippen LogP contribution in [0.3, 0.4) is 0 Å². The minimum atomic E-state index is 0.747. The van der Waals surface area contributed by atoms with Gasteiger partial charge in [-0.3, -0.25) is 4.99 Å². The van der Waals surface area contributed by atoms with Crippen LogP contribution in [-0.4, -0.2) is 6.21 Å². The van der Waals surface area contributed by atoms with E-state index in [1.807, 2.05) is 0 Å². The van der Waals surface area contributed by atoms with Crippen molar-refractivity contribution in [3.05, 3.63) is 17.6 Å². The van der Waals surface area contributed by atoms with Gasteiger partial charge in [-0.1, -0.05) is 5.73 Å². The highest BCUT2D eigenvalue weighted by atomic mass is 14.7. The molecule has 7 heavy (non-hydrogen) atoms. The third kappa shape index (κ3) is 0.913. The summed E-state index contributed by atoms with van der Waals surface area (Å²) in [7, 11) is 0. The van der Waals surface area contributed by atoms with E-state index in [2.05, 4.69) is 10.7 Å². The highest BCUT2D eigenvalue weighted by Crippen LogP contribution is 1.90. The number of hydrogen-bond donors (Lipinski definition) is 1. The molecule has 0 saturated heterocycles. The monoisotopic (exact) mass is 94.1 g/mol. The van der Waals surface area contributed by atoms with Gasteiger partial charge in [0.25, 0.3) is 0 Å². The maximum Gasteiger partial charge on any atom is 0.0700 e. The molecule has 1 aliphatic heterocycles. The predicted octanol–water partition coefficient (Wildman–Crippen LogP) is 0.416. The molecule has 1 heterocycles. The van der Waals surface area contributed by atoms with Crippen LogP contribution in [0.25, 0.3) is 0 Å². The zero-order chi connectivity index (χ0) is 5.11. The Labute approximate surface area is 42.0 Å². The Morgan fingerprint density at radius 1 is 1.86 bits per heavy atom. The van der Waals surface area contributed by atoms with Crippen LogP contribution < -0.4 is 5.73 Å². The summed E-state index contributed by atoms with van der Waals surface area (Å²) >= 11 is 0. The Bertz CT molecular complexity index is 149. The van der Waals surface area contributed by atoms with Gasteiger partial charge in [0, 0.05) is 12.6 Å². The van der Waals surface area contributed by atoms with E-state index in [9.17, 15) is 0 Å². The van der Waals surface area contributed by atoms with Crippen LogP contribution in [0.4, 0.5) is 0 Å². The molecule has 0 aromatic carbocycles. The molecule has 0 saturated carbocycles. The van der Waals surface area contributed by atoms with Crippen molar-refractivity contribution in [2.24, 2.45) is 10.7 Å². The van der Waals surface area contributed by atoms with Gasteiger partial charge >= 0.3 is 0 Å². The number of hydrogen-bond acceptors (Lipinski definition) is 2. The Morgan fingerprint density at radius 2 is 2.71 bits per heavy atom. The van der Waals surface area contributed by atoms with E-state index in [1.54, 1.807) is 12.4 Å². The van der Waals surface area contributed by atoms with E-state index in [0.29, 0.717) is 0 Å². The lowest BCUT2D eigenvalue weighted by Gasteiger charge is -1.90. The zero-order valence-corrected chi connectivity index (χ0v) is 3.89. The zero-order valence-electron chi connectivity index (χ0n) is 3.89. The van der Waals surface area contributed by atoms with E-state index in [0.717, 1.165) is 12.1 Å². The van der Waals surface area contributed by atoms with Gasteiger partial charge in [-0.2, -0.15) is 0 Å². The van der Waals surface area contributed by atoms with Crippen molar-refractivity contribution >= 4 is 6.21 Å². The number of nitrogens with zero attached hydrogens (tertiary/aromatic N) is 1. The Balaban J connectivity index is 2.84. The van der Waals surface area contributed by atoms with Crippen LogP contribution in [0, 0.1) is 0 Å². The molecule has 0 amide bonds. The molecule has 1 rings (SSSR count). The van der Waals surface area contributed by atoms with Gasteiger partial charge in [-0.05, 0) is 0 Å². The van der Waals surface area contributed by atoms with E-state index < -0.39 is 0 Å². The van der Waals surface area contributed by atoms with Crippen molar-refractivity contribution in [1.82, 2.24) is 0 Å². The summed E-state index contributed by atoms with van der Waals surface area (Å²) in [4.78, 5) is 3.77. The molecule has 0 unspecified atom stereocenters. The fraction of sp³-hybridized carbons (Fsp3) is 0.200. The summed E-state index contributed by atoms with van der Waals surface area (Å²) in [6.07, 6.45) is 4.07. The minimum absolute atomic E-state index is 0.747. The smallest absolute Gasteiger partial charge is 0.0700 e. The molecular weight excluding hydrogens is 88.1 g/mol. The van der Waals surface area contributed by atoms with Crippen LogP contribution in [-0.2, 0) is 0 Å². The highest BCUT2D eigenvalue weighted by Gasteiger charge is 1.84. The van der Waals surface area contributed by atoms with E-state index in [1.165, 1.54) is 0 Å². The minimum Gasteiger partial charge on any atom is -0.395 e. The van der Waals surface area contributed by atoms with Gasteiger partial charge in [0.05, 0.1) is 11.9 Å². The lowest BCUT2D eigenvalue weighted by atomic mass is 10.3. The molecule has 0 atom stereocenters. The molecule has 0 bridgehead atoms. The van der Waals surface area contributed by atoms with E-state index >= 15 is 0 Å². The molecule has 0 fully saturated rings. The SMILES string of the molecule is NC1=C=CN=CC1. The molecule has 0 aromatic heterocycles. The molecule has 0 aromatic rings. The van der Waals surface area contributed by atoms with Crippen LogP contribution in [0.5, 0.6) is 0 Å². The van der Waals surface area contributed by atoms with Crippen molar-refractivity contribution in [3.8, 4) is 0 Å². The fourth-order valence-corrected chi connectivity index (χ4v) is 0.383. The second-order valence-electron chi connectivity index (χ2n) is 1.33. The fourth-order valence-electron chi connectivity index (χ4n) is 0.383. The first-order chi connectivity index (χ1) is 3.39. The number of nitrogens with two attached hydrogens (primary N) is 1. The standard InChI is InChI=1S/C5H6N2/c6-5-1-3-7-4-2-5/h3-4H,1,6H2. The second-order valence-corrected chi connectivity index (χ2v) is 1.33. The van der Waals surface area contributed by atoms with Crippen LogP contribution in [0.15, 0.2) is 22.6 Å². The van der Waals surface area contributed by atoms with Crippen LogP contribution in [0.1, 0.15) is 6.42 Å². The van der Waals surface area contributed by atoms with E-state index in [4.69, 9.17) is 5.73 Å². The van der Waals surface area contributed by atoms with Crippen molar-refractivity contribution < 1.29 is 0 Å². The van der Waals surface area contributed by atoms with Crippen LogP contribution in [0.2, 0.25) is 0 Å². The van der Waals surface area contributed by atoms with Crippen molar-refractivity contribution in [2.75, 3.05) is 0 Å². The number of aliphatic imine (C=N–C) groups is 1. The molecule has 2 N–H and O–H groups in total. The van der Waals surface area contributed by atoms with Crippen molar-refractivity contribution in [1.29, 1.82) is 0 Å². The normalized spacial score (nSPS) is 16.9. The molecular formula is C5H6N2. The highest BCUT2D eigenvalue weighted by molar-refractivity contribution is 5.62. The third-order valence-corrected chi connectivity index (χ3v) is 0.741. The summed E-state index contributed by atoms with van der Waals surface area (Å²) in [5.74, 6) is 0. The predicted molar refractivity (Wildman–Crippen MR) is 28.9 cm³/mol. The number of rotatable bonds is 0. The van der Waals surface area contributed by atoms with Gasteiger partial charge < -0.3 is 5.73 Å². The summed E-state index contributed by atoms with van der Waals surface area (Å²) in [5.41, 5.74) is 8.83. The Kier molecular flexibility index (Phi) is 0.966. The van der Waals surface area contributed by atoms with Gasteiger partial charge in [0.15, 0.2) is 0 Å². The quantitative estimate of drug-likeness (QED) is 0.434. The molecule has 36 valence electrons. The second kappa shape index (κ2) is 1.63. The first-order valence-electron chi connectivity index (χ1n) is 2.11. The molecule has 2 heteroatoms. The summed E-state index contributed by atoms with van der Waals surface area (Å²) in [5, 5.41) is 0. The number of allylic oxidation sites excluding steroid dienone is 1. The molecule has 0 spiro atoms. The van der Waals surface area contributed by atoms with Gasteiger partial charge in [-0.25, -0.2) is 0 Å². The van der Waals surface area contributed by atoms with Gasteiger partial charge in [0.2, 0.25) is 0 Å². The Hall–Kier alpha value is -1.01. The topological polar surface area (TPSA) is 38.4 Å². The molecule has 0 radical (unpaired) electrons. The maximum absolute atomic E-state index is 5.32. The first kappa shape index (κ1) is 4.16. The maximum atomic E-state index is 5.32. The average molecular weight is 94.1 g/mol. The van der Waals surface area contributed by atoms with Crippen molar-refractivity contribution in [2.45, 2.75) is 6.42 Å². The summed E-state index contributed by atoms with van der Waals surface area (Å²) in [6, 6.07) is 0. The van der Waals surface area contributed by atoms with Crippen molar-refractivity contribution in [3.63, 3.8) is 0 Å². The van der Waals surface area contributed by atoms with Gasteiger partial charge in [0.1, 0.15) is 0 Å². The average Bonchev–Trinajstić information content (AvgIpc) is 1.69. The third-order valence-electron chi connectivity index (χ3n) is 0.741. The lowest BCUT2D eigenvalue weighted by Crippen LogP contribution is -1.96. The Morgan fingerprint density at radius 3 is 3.00 bits per heavy atom.